The molecule has 5 N–H and O–H groups in total. The highest BCUT2D eigenvalue weighted by Crippen LogP contribution is 2.46. The molecule has 3 aromatic heterocycles. The summed E-state index contributed by atoms with van der Waals surface area (Å²) in [5.41, 5.74) is 8.77. The maximum Gasteiger partial charge on any atom is 0.223 e. The predicted octanol–water partition coefficient (Wildman–Crippen LogP) is 3.60. The predicted molar refractivity (Wildman–Crippen MR) is 130 cm³/mol. The maximum atomic E-state index is 12.2. The van der Waals surface area contributed by atoms with Gasteiger partial charge in [-0.05, 0) is 51.1 Å². The number of primary amides is 1. The number of fused-ring (bicyclic) bond motifs is 3. The number of rotatable bonds is 5. The van der Waals surface area contributed by atoms with Gasteiger partial charge in [0.05, 0.1) is 38.4 Å². The Labute approximate surface area is 200 Å². The van der Waals surface area contributed by atoms with E-state index in [2.05, 4.69) is 32.8 Å². The SMILES string of the molecule is Cc1nc(C2CCNCC2)sc1-c1nc2ncc(Cl)c(N[C@H]3[C@@H](C(N)=O)[C@@H]4C=C[C@H]3C4)c2[nH]1. The van der Waals surface area contributed by atoms with Crippen LogP contribution in [0.1, 0.15) is 35.9 Å². The van der Waals surface area contributed by atoms with E-state index in [0.29, 0.717) is 16.6 Å². The first-order valence-corrected chi connectivity index (χ1v) is 12.7. The fourth-order valence-corrected chi connectivity index (χ4v) is 7.01. The summed E-state index contributed by atoms with van der Waals surface area (Å²) in [6.07, 6.45) is 9.05. The zero-order chi connectivity index (χ0) is 22.7. The average molecular weight is 484 g/mol. The van der Waals surface area contributed by atoms with E-state index in [1.54, 1.807) is 17.5 Å². The summed E-state index contributed by atoms with van der Waals surface area (Å²) in [5, 5.41) is 8.61. The van der Waals surface area contributed by atoms with Crippen LogP contribution in [0.3, 0.4) is 0 Å². The number of hydrogen-bond donors (Lipinski definition) is 4. The largest absolute Gasteiger partial charge is 0.378 e. The Balaban J connectivity index is 1.36. The number of carbonyl (C=O) groups is 1. The molecule has 1 saturated heterocycles. The molecule has 0 aromatic carbocycles. The summed E-state index contributed by atoms with van der Waals surface area (Å²) in [6.45, 7) is 4.10. The lowest BCUT2D eigenvalue weighted by atomic mass is 9.88. The van der Waals surface area contributed by atoms with Crippen molar-refractivity contribution in [1.82, 2.24) is 25.3 Å². The van der Waals surface area contributed by atoms with E-state index in [-0.39, 0.29) is 29.7 Å². The van der Waals surface area contributed by atoms with Gasteiger partial charge in [0.1, 0.15) is 5.52 Å². The van der Waals surface area contributed by atoms with Crippen molar-refractivity contribution in [2.24, 2.45) is 23.5 Å². The van der Waals surface area contributed by atoms with Crippen LogP contribution < -0.4 is 16.4 Å². The van der Waals surface area contributed by atoms with E-state index in [9.17, 15) is 4.79 Å². The lowest BCUT2D eigenvalue weighted by Crippen LogP contribution is -2.41. The number of nitrogens with one attached hydrogen (secondary N) is 3. The minimum absolute atomic E-state index is 0.0935. The number of piperidine rings is 1. The van der Waals surface area contributed by atoms with Gasteiger partial charge in [0.25, 0.3) is 0 Å². The zero-order valence-corrected chi connectivity index (χ0v) is 19.8. The average Bonchev–Trinajstić information content (AvgIpc) is 3.58. The quantitative estimate of drug-likeness (QED) is 0.411. The second kappa shape index (κ2) is 8.07. The van der Waals surface area contributed by atoms with Crippen molar-refractivity contribution >= 4 is 45.7 Å². The first-order chi connectivity index (χ1) is 16.0. The van der Waals surface area contributed by atoms with Gasteiger partial charge in [-0.3, -0.25) is 4.79 Å². The van der Waals surface area contributed by atoms with Gasteiger partial charge in [0, 0.05) is 12.0 Å². The molecule has 3 aromatic rings. The maximum absolute atomic E-state index is 12.2. The molecule has 2 aliphatic carbocycles. The number of halogens is 1. The monoisotopic (exact) mass is 483 g/mol. The third kappa shape index (κ3) is 3.53. The lowest BCUT2D eigenvalue weighted by Gasteiger charge is -2.28. The zero-order valence-electron chi connectivity index (χ0n) is 18.3. The first kappa shape index (κ1) is 21.1. The standard InChI is InChI=1S/C23H26ClN7OS/c1-10-19(33-23(28-10)11-4-6-26-7-5-11)22-30-18-17(14(24)9-27-21(18)31-22)29-16-13-3-2-12(8-13)15(16)20(25)32/h2-3,9,11-13,15-16,26H,4-8H2,1H3,(H2,25,32)(H2,27,29,30,31)/t12-,13+,15+,16-/m1/s1. The molecule has 2 bridgehead atoms. The number of carbonyl (C=O) groups excluding carboxylic acids is 1. The van der Waals surface area contributed by atoms with E-state index in [4.69, 9.17) is 27.3 Å². The van der Waals surface area contributed by atoms with Gasteiger partial charge in [-0.2, -0.15) is 0 Å². The van der Waals surface area contributed by atoms with E-state index >= 15 is 0 Å². The minimum Gasteiger partial charge on any atom is -0.378 e. The summed E-state index contributed by atoms with van der Waals surface area (Å²) in [4.78, 5) is 30.7. The van der Waals surface area contributed by atoms with E-state index in [1.807, 2.05) is 6.92 Å². The lowest BCUT2D eigenvalue weighted by molar-refractivity contribution is -0.122. The molecule has 6 rings (SSSR count). The molecule has 0 unspecified atom stereocenters. The second-order valence-electron chi connectivity index (χ2n) is 9.30. The second-order valence-corrected chi connectivity index (χ2v) is 10.7. The number of nitrogens with two attached hydrogens (primary N) is 1. The fourth-order valence-electron chi connectivity index (χ4n) is 5.64. The van der Waals surface area contributed by atoms with Crippen LogP contribution in [0.4, 0.5) is 5.69 Å². The first-order valence-electron chi connectivity index (χ1n) is 11.5. The number of aryl methyl sites for hydroxylation is 1. The van der Waals surface area contributed by atoms with Crippen LogP contribution >= 0.6 is 22.9 Å². The minimum atomic E-state index is -0.276. The fraction of sp³-hybridized carbons (Fsp3) is 0.478. The number of anilines is 1. The highest BCUT2D eigenvalue weighted by molar-refractivity contribution is 7.15. The Hall–Kier alpha value is -2.49. The van der Waals surface area contributed by atoms with Crippen LogP contribution in [0.2, 0.25) is 5.02 Å². The van der Waals surface area contributed by atoms with E-state index in [1.165, 1.54) is 5.01 Å². The van der Waals surface area contributed by atoms with Crippen molar-refractivity contribution in [1.29, 1.82) is 0 Å². The Morgan fingerprint density at radius 1 is 1.24 bits per heavy atom. The molecule has 1 saturated carbocycles. The topological polar surface area (TPSA) is 122 Å². The molecule has 8 nitrogen and oxygen atoms in total. The van der Waals surface area contributed by atoms with Gasteiger partial charge < -0.3 is 21.4 Å². The number of nitrogens with zero attached hydrogens (tertiary/aromatic N) is 3. The van der Waals surface area contributed by atoms with Crippen LogP contribution in [-0.4, -0.2) is 45.0 Å². The molecule has 4 heterocycles. The Bertz CT molecular complexity index is 1260. The van der Waals surface area contributed by atoms with Gasteiger partial charge in [-0.1, -0.05) is 23.8 Å². The van der Waals surface area contributed by atoms with E-state index in [0.717, 1.165) is 60.0 Å². The number of pyridine rings is 1. The number of H-pyrrole nitrogens is 1. The highest BCUT2D eigenvalue weighted by atomic mass is 35.5. The smallest absolute Gasteiger partial charge is 0.223 e. The van der Waals surface area contributed by atoms with Crippen molar-refractivity contribution in [3.63, 3.8) is 0 Å². The normalized spacial score (nSPS) is 27.0. The van der Waals surface area contributed by atoms with Crippen molar-refractivity contribution in [2.75, 3.05) is 18.4 Å². The molecule has 0 spiro atoms. The summed E-state index contributed by atoms with van der Waals surface area (Å²) >= 11 is 8.29. The molecule has 10 heteroatoms. The molecular weight excluding hydrogens is 458 g/mol. The molecule has 1 aliphatic heterocycles. The van der Waals surface area contributed by atoms with Crippen LogP contribution in [0.25, 0.3) is 21.9 Å². The molecular formula is C23H26ClN7OS. The van der Waals surface area contributed by atoms with Gasteiger partial charge in [0.15, 0.2) is 11.5 Å². The summed E-state index contributed by atoms with van der Waals surface area (Å²) < 4.78 is 0. The van der Waals surface area contributed by atoms with Crippen LogP contribution in [0.5, 0.6) is 0 Å². The van der Waals surface area contributed by atoms with Crippen molar-refractivity contribution < 1.29 is 4.79 Å². The number of aromatic amines is 1. The summed E-state index contributed by atoms with van der Waals surface area (Å²) in [6, 6.07) is -0.0935. The van der Waals surface area contributed by atoms with Gasteiger partial charge >= 0.3 is 0 Å². The van der Waals surface area contributed by atoms with Crippen LogP contribution in [0.15, 0.2) is 18.3 Å². The summed E-state index contributed by atoms with van der Waals surface area (Å²) in [7, 11) is 0. The van der Waals surface area contributed by atoms with Crippen molar-refractivity contribution in [2.45, 2.75) is 38.1 Å². The number of thiazole rings is 1. The van der Waals surface area contributed by atoms with E-state index < -0.39 is 0 Å². The molecule has 3 aliphatic rings. The molecule has 1 amide bonds. The summed E-state index contributed by atoms with van der Waals surface area (Å²) in [5.74, 6) is 1.16. The number of aromatic nitrogens is 4. The Morgan fingerprint density at radius 2 is 2.03 bits per heavy atom. The Kier molecular flexibility index (Phi) is 5.15. The number of hydrogen-bond acceptors (Lipinski definition) is 7. The van der Waals surface area contributed by atoms with Crippen LogP contribution in [0, 0.1) is 24.7 Å². The van der Waals surface area contributed by atoms with Gasteiger partial charge in [-0.25, -0.2) is 15.0 Å². The molecule has 33 heavy (non-hydrogen) atoms. The molecule has 2 fully saturated rings. The molecule has 4 atom stereocenters. The number of amides is 1. The third-order valence-electron chi connectivity index (χ3n) is 7.29. The van der Waals surface area contributed by atoms with Crippen LogP contribution in [-0.2, 0) is 4.79 Å². The van der Waals surface area contributed by atoms with Gasteiger partial charge in [0.2, 0.25) is 5.91 Å². The van der Waals surface area contributed by atoms with Crippen molar-refractivity contribution in [3.05, 3.63) is 34.1 Å². The molecule has 0 radical (unpaired) electrons. The Morgan fingerprint density at radius 3 is 2.82 bits per heavy atom. The third-order valence-corrected chi connectivity index (χ3v) is 8.90. The van der Waals surface area contributed by atoms with Gasteiger partial charge in [-0.15, -0.1) is 11.3 Å². The van der Waals surface area contributed by atoms with Crippen molar-refractivity contribution in [3.8, 4) is 10.7 Å². The highest BCUT2D eigenvalue weighted by Gasteiger charge is 2.47. The number of imidazole rings is 1. The number of allylic oxidation sites excluding steroid dienone is 1. The molecule has 172 valence electrons.